The molecule has 0 saturated carbocycles. The van der Waals surface area contributed by atoms with E-state index < -0.39 is 0 Å². The van der Waals surface area contributed by atoms with Gasteiger partial charge in [-0.05, 0) is 43.5 Å². The number of aromatic amines is 1. The number of aromatic nitrogens is 3. The lowest BCUT2D eigenvalue weighted by molar-refractivity contribution is 0.102. The number of pyridine rings is 1. The maximum absolute atomic E-state index is 13.0. The van der Waals surface area contributed by atoms with E-state index in [1.165, 1.54) is 6.42 Å². The normalized spacial score (nSPS) is 14.2. The lowest BCUT2D eigenvalue weighted by Gasteiger charge is -2.31. The highest BCUT2D eigenvalue weighted by atomic mass is 16.1. The Morgan fingerprint density at radius 2 is 2.10 bits per heavy atom. The van der Waals surface area contributed by atoms with Crippen LogP contribution in [0.15, 0.2) is 47.7 Å². The Kier molecular flexibility index (Phi) is 5.74. The van der Waals surface area contributed by atoms with Crippen LogP contribution in [-0.4, -0.2) is 47.4 Å². The molecule has 1 fully saturated rings. The second kappa shape index (κ2) is 8.77. The molecule has 0 aliphatic carbocycles. The molecule has 154 valence electrons. The van der Waals surface area contributed by atoms with Crippen molar-refractivity contribution in [2.75, 3.05) is 36.1 Å². The zero-order chi connectivity index (χ0) is 20.9. The van der Waals surface area contributed by atoms with E-state index >= 15 is 0 Å². The number of hydrogen-bond donors (Lipinski definition) is 3. The van der Waals surface area contributed by atoms with Crippen molar-refractivity contribution in [2.45, 2.75) is 19.3 Å². The van der Waals surface area contributed by atoms with Crippen molar-refractivity contribution in [2.24, 2.45) is 4.99 Å². The summed E-state index contributed by atoms with van der Waals surface area (Å²) in [6, 6.07) is 9.16. The number of carbonyl (C=O) groups excluding carboxylic acids is 1. The molecular formula is C22H25N7O. The van der Waals surface area contributed by atoms with Crippen LogP contribution in [0.2, 0.25) is 0 Å². The summed E-state index contributed by atoms with van der Waals surface area (Å²) >= 11 is 0. The first-order valence-electron chi connectivity index (χ1n) is 10.0. The molecule has 30 heavy (non-hydrogen) atoms. The number of nitrogen functional groups attached to an aromatic ring is 1. The Bertz CT molecular complexity index is 1050. The summed E-state index contributed by atoms with van der Waals surface area (Å²) in [6.45, 7) is 1.88. The third kappa shape index (κ3) is 4.17. The maximum Gasteiger partial charge on any atom is 0.274 e. The summed E-state index contributed by atoms with van der Waals surface area (Å²) in [5.41, 5.74) is 11.1. The van der Waals surface area contributed by atoms with Crippen molar-refractivity contribution >= 4 is 29.2 Å². The fraction of sp³-hybridized carbons (Fsp3) is 0.273. The first-order valence-corrected chi connectivity index (χ1v) is 10.0. The van der Waals surface area contributed by atoms with Crippen LogP contribution in [0.1, 0.15) is 35.3 Å². The van der Waals surface area contributed by atoms with Crippen LogP contribution in [0, 0.1) is 0 Å². The molecular weight excluding hydrogens is 378 g/mol. The van der Waals surface area contributed by atoms with Crippen molar-refractivity contribution in [3.8, 4) is 11.3 Å². The van der Waals surface area contributed by atoms with Crippen molar-refractivity contribution in [3.63, 3.8) is 0 Å². The molecule has 0 bridgehead atoms. The van der Waals surface area contributed by atoms with E-state index in [4.69, 9.17) is 5.73 Å². The molecule has 8 nitrogen and oxygen atoms in total. The largest absolute Gasteiger partial charge is 0.398 e. The SMILES string of the molecule is CN=Cc1cc(NC(=O)c2cccc(-c3cn[nH]c3)n2)c(N2CCCCC2)cc1N. The molecule has 0 atom stereocenters. The summed E-state index contributed by atoms with van der Waals surface area (Å²) in [4.78, 5) is 23.9. The standard InChI is InChI=1S/C22H25N7O/c1-24-12-15-10-20(21(11-17(15)23)29-8-3-2-4-9-29)28-22(30)19-7-5-6-18(27-19)16-13-25-26-14-16/h5-7,10-14H,2-4,8-9,23H2,1H3,(H,25,26)(H,28,30). The molecule has 3 aromatic rings. The van der Waals surface area contributed by atoms with Gasteiger partial charge in [-0.1, -0.05) is 6.07 Å². The average Bonchev–Trinajstić information content (AvgIpc) is 3.32. The maximum atomic E-state index is 13.0. The van der Waals surface area contributed by atoms with Crippen molar-refractivity contribution < 1.29 is 4.79 Å². The zero-order valence-electron chi connectivity index (χ0n) is 16.9. The van der Waals surface area contributed by atoms with Gasteiger partial charge in [0, 0.05) is 49.4 Å². The summed E-state index contributed by atoms with van der Waals surface area (Å²) in [5, 5.41) is 9.75. The summed E-state index contributed by atoms with van der Waals surface area (Å²) in [5.74, 6) is -0.275. The van der Waals surface area contributed by atoms with Crippen molar-refractivity contribution in [1.82, 2.24) is 15.2 Å². The molecule has 1 aliphatic rings. The number of nitrogens with one attached hydrogen (secondary N) is 2. The molecule has 1 saturated heterocycles. The lowest BCUT2D eigenvalue weighted by Crippen LogP contribution is -2.30. The number of aliphatic imine (C=N–C) groups is 1. The zero-order valence-corrected chi connectivity index (χ0v) is 16.9. The third-order valence-corrected chi connectivity index (χ3v) is 5.19. The Morgan fingerprint density at radius 3 is 2.83 bits per heavy atom. The van der Waals surface area contributed by atoms with Crippen molar-refractivity contribution in [1.29, 1.82) is 0 Å². The summed E-state index contributed by atoms with van der Waals surface area (Å²) in [6.07, 6.45) is 8.59. The van der Waals surface area contributed by atoms with Gasteiger partial charge in [-0.15, -0.1) is 0 Å². The second-order valence-corrected chi connectivity index (χ2v) is 7.28. The quantitative estimate of drug-likeness (QED) is 0.447. The number of piperidine rings is 1. The second-order valence-electron chi connectivity index (χ2n) is 7.28. The van der Waals surface area contributed by atoms with E-state index in [1.54, 1.807) is 31.7 Å². The van der Waals surface area contributed by atoms with Crippen molar-refractivity contribution in [3.05, 3.63) is 54.0 Å². The number of H-pyrrole nitrogens is 1. The van der Waals surface area contributed by atoms with Gasteiger partial charge in [0.1, 0.15) is 5.69 Å². The van der Waals surface area contributed by atoms with Gasteiger partial charge >= 0.3 is 0 Å². The van der Waals surface area contributed by atoms with Gasteiger partial charge in [-0.3, -0.25) is 14.9 Å². The molecule has 4 rings (SSSR count). The molecule has 0 spiro atoms. The lowest BCUT2D eigenvalue weighted by atomic mass is 10.1. The van der Waals surface area contributed by atoms with E-state index in [0.717, 1.165) is 42.7 Å². The van der Waals surface area contributed by atoms with E-state index in [0.29, 0.717) is 22.8 Å². The average molecular weight is 403 g/mol. The predicted octanol–water partition coefficient (Wildman–Crippen LogP) is 3.35. The molecule has 0 unspecified atom stereocenters. The number of amides is 1. The Balaban J connectivity index is 1.66. The van der Waals surface area contributed by atoms with E-state index in [1.807, 2.05) is 24.3 Å². The minimum absolute atomic E-state index is 0.275. The fourth-order valence-electron chi connectivity index (χ4n) is 3.67. The number of benzene rings is 1. The smallest absolute Gasteiger partial charge is 0.274 e. The van der Waals surface area contributed by atoms with Gasteiger partial charge in [0.2, 0.25) is 0 Å². The Hall–Kier alpha value is -3.68. The van der Waals surface area contributed by atoms with Gasteiger partial charge < -0.3 is 16.0 Å². The first kappa shape index (κ1) is 19.6. The van der Waals surface area contributed by atoms with Crippen LogP contribution >= 0.6 is 0 Å². The number of nitrogens with two attached hydrogens (primary N) is 1. The number of nitrogens with zero attached hydrogens (tertiary/aromatic N) is 4. The molecule has 4 N–H and O–H groups in total. The minimum Gasteiger partial charge on any atom is -0.398 e. The monoisotopic (exact) mass is 403 g/mol. The molecule has 1 aromatic carbocycles. The van der Waals surface area contributed by atoms with Crippen LogP contribution in [0.25, 0.3) is 11.3 Å². The highest BCUT2D eigenvalue weighted by molar-refractivity contribution is 6.06. The van der Waals surface area contributed by atoms with Crippen LogP contribution in [0.4, 0.5) is 17.1 Å². The molecule has 2 aromatic heterocycles. The molecule has 3 heterocycles. The predicted molar refractivity (Wildman–Crippen MR) is 120 cm³/mol. The molecule has 1 aliphatic heterocycles. The number of rotatable bonds is 5. The highest BCUT2D eigenvalue weighted by Crippen LogP contribution is 2.33. The van der Waals surface area contributed by atoms with Gasteiger partial charge in [0.15, 0.2) is 0 Å². The van der Waals surface area contributed by atoms with Crippen LogP contribution in [-0.2, 0) is 0 Å². The highest BCUT2D eigenvalue weighted by Gasteiger charge is 2.19. The topological polar surface area (TPSA) is 112 Å². The van der Waals surface area contributed by atoms with E-state index in [9.17, 15) is 4.79 Å². The minimum atomic E-state index is -0.275. The third-order valence-electron chi connectivity index (χ3n) is 5.19. The molecule has 1 amide bonds. The fourth-order valence-corrected chi connectivity index (χ4v) is 3.67. The molecule has 0 radical (unpaired) electrons. The van der Waals surface area contributed by atoms with Crippen LogP contribution < -0.4 is 16.0 Å². The van der Waals surface area contributed by atoms with Crippen LogP contribution in [0.3, 0.4) is 0 Å². The summed E-state index contributed by atoms with van der Waals surface area (Å²) in [7, 11) is 1.70. The number of anilines is 3. The first-order chi connectivity index (χ1) is 14.7. The Labute approximate surface area is 175 Å². The number of carbonyl (C=O) groups is 1. The van der Waals surface area contributed by atoms with Crippen LogP contribution in [0.5, 0.6) is 0 Å². The van der Waals surface area contributed by atoms with E-state index in [-0.39, 0.29) is 5.91 Å². The number of hydrogen-bond acceptors (Lipinski definition) is 6. The van der Waals surface area contributed by atoms with Gasteiger partial charge in [0.25, 0.3) is 5.91 Å². The Morgan fingerprint density at radius 1 is 1.27 bits per heavy atom. The van der Waals surface area contributed by atoms with E-state index in [2.05, 4.69) is 30.4 Å². The molecule has 8 heteroatoms. The van der Waals surface area contributed by atoms with Gasteiger partial charge in [-0.2, -0.15) is 5.10 Å². The van der Waals surface area contributed by atoms with Gasteiger partial charge in [-0.25, -0.2) is 4.98 Å². The summed E-state index contributed by atoms with van der Waals surface area (Å²) < 4.78 is 0. The van der Waals surface area contributed by atoms with Gasteiger partial charge in [0.05, 0.1) is 23.3 Å².